The second-order valence-electron chi connectivity index (χ2n) is 5.74. The summed E-state index contributed by atoms with van der Waals surface area (Å²) in [5.41, 5.74) is -0.112. The van der Waals surface area contributed by atoms with Crippen molar-refractivity contribution in [2.24, 2.45) is 5.92 Å². The fourth-order valence-corrected chi connectivity index (χ4v) is 3.34. The molecule has 4 heteroatoms. The molecule has 0 saturated heterocycles. The summed E-state index contributed by atoms with van der Waals surface area (Å²) >= 11 is 0. The van der Waals surface area contributed by atoms with E-state index in [2.05, 4.69) is 34.9 Å². The van der Waals surface area contributed by atoms with Crippen LogP contribution in [0.1, 0.15) is 51.4 Å². The number of imidazole rings is 1. The average Bonchev–Trinajstić information content (AvgIpc) is 2.90. The van der Waals surface area contributed by atoms with Crippen LogP contribution in [0.2, 0.25) is 0 Å². The van der Waals surface area contributed by atoms with Gasteiger partial charge in [0.1, 0.15) is 5.82 Å². The zero-order valence-electron chi connectivity index (χ0n) is 12.6. The third-order valence-corrected chi connectivity index (χ3v) is 4.69. The molecule has 0 radical (unpaired) electrons. The van der Waals surface area contributed by atoms with Crippen molar-refractivity contribution < 1.29 is 4.74 Å². The van der Waals surface area contributed by atoms with Gasteiger partial charge in [0.15, 0.2) is 0 Å². The van der Waals surface area contributed by atoms with E-state index in [4.69, 9.17) is 4.74 Å². The molecule has 1 aromatic heterocycles. The highest BCUT2D eigenvalue weighted by atomic mass is 16.5. The SMILES string of the molecule is CCn1ccnc1C(NC)C1(OC)CCC(C)CC1. The van der Waals surface area contributed by atoms with E-state index in [9.17, 15) is 0 Å². The lowest BCUT2D eigenvalue weighted by molar-refractivity contribution is -0.0770. The minimum absolute atomic E-state index is 0.112. The normalized spacial score (nSPS) is 29.4. The van der Waals surface area contributed by atoms with Crippen molar-refractivity contribution in [3.8, 4) is 0 Å². The minimum atomic E-state index is -0.112. The molecule has 108 valence electrons. The van der Waals surface area contributed by atoms with E-state index in [0.29, 0.717) is 0 Å². The molecule has 1 N–H and O–H groups in total. The van der Waals surface area contributed by atoms with Crippen molar-refractivity contribution in [2.75, 3.05) is 14.2 Å². The number of methoxy groups -OCH3 is 1. The molecular weight excluding hydrogens is 238 g/mol. The summed E-state index contributed by atoms with van der Waals surface area (Å²) in [6.45, 7) is 5.44. The van der Waals surface area contributed by atoms with Crippen molar-refractivity contribution in [1.82, 2.24) is 14.9 Å². The number of rotatable bonds is 5. The van der Waals surface area contributed by atoms with E-state index >= 15 is 0 Å². The van der Waals surface area contributed by atoms with Crippen LogP contribution < -0.4 is 5.32 Å². The van der Waals surface area contributed by atoms with Gasteiger partial charge in [-0.05, 0) is 45.6 Å². The van der Waals surface area contributed by atoms with Gasteiger partial charge >= 0.3 is 0 Å². The Hall–Kier alpha value is -0.870. The summed E-state index contributed by atoms with van der Waals surface area (Å²) in [6, 6.07) is 0.167. The number of ether oxygens (including phenoxy) is 1. The number of hydrogen-bond acceptors (Lipinski definition) is 3. The molecule has 1 saturated carbocycles. The molecule has 0 aromatic carbocycles. The van der Waals surface area contributed by atoms with Crippen LogP contribution in [0.15, 0.2) is 12.4 Å². The molecule has 1 aromatic rings. The number of likely N-dealkylation sites (N-methyl/N-ethyl adjacent to an activating group) is 1. The fraction of sp³-hybridized carbons (Fsp3) is 0.800. The molecule has 1 unspecified atom stereocenters. The van der Waals surface area contributed by atoms with Crippen molar-refractivity contribution in [3.63, 3.8) is 0 Å². The van der Waals surface area contributed by atoms with E-state index in [1.165, 1.54) is 12.8 Å². The van der Waals surface area contributed by atoms with Crippen molar-refractivity contribution in [1.29, 1.82) is 0 Å². The van der Waals surface area contributed by atoms with Crippen LogP contribution in [-0.2, 0) is 11.3 Å². The Bertz CT molecular complexity index is 394. The van der Waals surface area contributed by atoms with Crippen molar-refractivity contribution in [3.05, 3.63) is 18.2 Å². The number of hydrogen-bond donors (Lipinski definition) is 1. The van der Waals surface area contributed by atoms with Gasteiger partial charge in [-0.15, -0.1) is 0 Å². The first-order valence-electron chi connectivity index (χ1n) is 7.40. The number of nitrogens with zero attached hydrogens (tertiary/aromatic N) is 2. The van der Waals surface area contributed by atoms with Gasteiger partial charge in [-0.2, -0.15) is 0 Å². The maximum atomic E-state index is 5.99. The van der Waals surface area contributed by atoms with E-state index in [1.54, 1.807) is 0 Å². The summed E-state index contributed by atoms with van der Waals surface area (Å²) in [5, 5.41) is 3.45. The van der Waals surface area contributed by atoms with Crippen molar-refractivity contribution >= 4 is 0 Å². The van der Waals surface area contributed by atoms with E-state index in [-0.39, 0.29) is 11.6 Å². The molecule has 0 spiro atoms. The molecular formula is C15H27N3O. The van der Waals surface area contributed by atoms with E-state index in [0.717, 1.165) is 31.1 Å². The molecule has 1 fully saturated rings. The summed E-state index contributed by atoms with van der Waals surface area (Å²) in [7, 11) is 3.86. The third-order valence-electron chi connectivity index (χ3n) is 4.69. The molecule has 1 aliphatic carbocycles. The van der Waals surface area contributed by atoms with Gasteiger partial charge in [0.05, 0.1) is 11.6 Å². The minimum Gasteiger partial charge on any atom is -0.376 e. The summed E-state index contributed by atoms with van der Waals surface area (Å²) in [6.07, 6.45) is 8.61. The average molecular weight is 265 g/mol. The van der Waals surface area contributed by atoms with Gasteiger partial charge in [0.2, 0.25) is 0 Å². The fourth-order valence-electron chi connectivity index (χ4n) is 3.34. The van der Waals surface area contributed by atoms with E-state index < -0.39 is 0 Å². The lowest BCUT2D eigenvalue weighted by Crippen LogP contribution is -2.48. The zero-order chi connectivity index (χ0) is 13.9. The molecule has 0 aliphatic heterocycles. The maximum absolute atomic E-state index is 5.99. The first-order valence-corrected chi connectivity index (χ1v) is 7.40. The molecule has 19 heavy (non-hydrogen) atoms. The van der Waals surface area contributed by atoms with Gasteiger partial charge in [0.25, 0.3) is 0 Å². The van der Waals surface area contributed by atoms with Crippen LogP contribution >= 0.6 is 0 Å². The Morgan fingerprint density at radius 2 is 2.21 bits per heavy atom. The Morgan fingerprint density at radius 3 is 2.74 bits per heavy atom. The van der Waals surface area contributed by atoms with Crippen LogP contribution in [0.25, 0.3) is 0 Å². The van der Waals surface area contributed by atoms with Crippen LogP contribution in [0, 0.1) is 5.92 Å². The van der Waals surface area contributed by atoms with Crippen molar-refractivity contribution in [2.45, 2.75) is 57.7 Å². The van der Waals surface area contributed by atoms with Gasteiger partial charge < -0.3 is 14.6 Å². The number of aromatic nitrogens is 2. The first kappa shape index (κ1) is 14.5. The lowest BCUT2D eigenvalue weighted by atomic mass is 9.75. The standard InChI is InChI=1S/C15H27N3O/c1-5-18-11-10-17-14(18)13(16-3)15(19-4)8-6-12(2)7-9-15/h10-13,16H,5-9H2,1-4H3. The van der Waals surface area contributed by atoms with Gasteiger partial charge in [-0.1, -0.05) is 6.92 Å². The first-order chi connectivity index (χ1) is 9.16. The maximum Gasteiger partial charge on any atom is 0.128 e. The molecule has 0 amide bonds. The Balaban J connectivity index is 2.28. The highest BCUT2D eigenvalue weighted by molar-refractivity contribution is 5.09. The zero-order valence-corrected chi connectivity index (χ0v) is 12.6. The lowest BCUT2D eigenvalue weighted by Gasteiger charge is -2.43. The van der Waals surface area contributed by atoms with Gasteiger partial charge in [0, 0.05) is 26.0 Å². The second-order valence-corrected chi connectivity index (χ2v) is 5.74. The summed E-state index contributed by atoms with van der Waals surface area (Å²) in [4.78, 5) is 4.57. The Labute approximate surface area is 116 Å². The predicted molar refractivity (Wildman–Crippen MR) is 77.1 cm³/mol. The topological polar surface area (TPSA) is 39.1 Å². The Morgan fingerprint density at radius 1 is 1.53 bits per heavy atom. The smallest absolute Gasteiger partial charge is 0.128 e. The van der Waals surface area contributed by atoms with Gasteiger partial charge in [-0.25, -0.2) is 4.98 Å². The highest BCUT2D eigenvalue weighted by Gasteiger charge is 2.43. The third kappa shape index (κ3) is 2.70. The molecule has 4 nitrogen and oxygen atoms in total. The molecule has 1 aliphatic rings. The Kier molecular flexibility index (Phi) is 4.63. The molecule has 1 heterocycles. The van der Waals surface area contributed by atoms with E-state index in [1.807, 2.05) is 20.4 Å². The van der Waals surface area contributed by atoms with Crippen LogP contribution in [-0.4, -0.2) is 29.3 Å². The largest absolute Gasteiger partial charge is 0.376 e. The quantitative estimate of drug-likeness (QED) is 0.889. The number of aryl methyl sites for hydroxylation is 1. The van der Waals surface area contributed by atoms with Gasteiger partial charge in [-0.3, -0.25) is 0 Å². The molecule has 1 atom stereocenters. The monoisotopic (exact) mass is 265 g/mol. The number of nitrogens with one attached hydrogen (secondary N) is 1. The van der Waals surface area contributed by atoms with Crippen LogP contribution in [0.5, 0.6) is 0 Å². The van der Waals surface area contributed by atoms with Crippen LogP contribution in [0.4, 0.5) is 0 Å². The summed E-state index contributed by atoms with van der Waals surface area (Å²) in [5.74, 6) is 1.91. The second kappa shape index (κ2) is 6.06. The molecule has 2 rings (SSSR count). The highest BCUT2D eigenvalue weighted by Crippen LogP contribution is 2.42. The predicted octanol–water partition coefficient (Wildman–Crippen LogP) is 2.76. The van der Waals surface area contributed by atoms with Crippen LogP contribution in [0.3, 0.4) is 0 Å². The molecule has 0 bridgehead atoms. The summed E-state index contributed by atoms with van der Waals surface area (Å²) < 4.78 is 8.20.